The van der Waals surface area contributed by atoms with Crippen LogP contribution in [0.1, 0.15) is 35.3 Å². The molecule has 1 N–H and O–H groups in total. The summed E-state index contributed by atoms with van der Waals surface area (Å²) in [5, 5.41) is 11.3. The van der Waals surface area contributed by atoms with Crippen molar-refractivity contribution in [1.29, 1.82) is 0 Å². The summed E-state index contributed by atoms with van der Waals surface area (Å²) in [6.07, 6.45) is 4.12. The molecule has 2 aromatic carbocycles. The molecule has 5 aromatic rings. The highest BCUT2D eigenvalue weighted by atomic mass is 19.3. The van der Waals surface area contributed by atoms with Gasteiger partial charge in [-0.3, -0.25) is 13.8 Å². The topological polar surface area (TPSA) is 74.6 Å². The molecule has 4 heterocycles. The highest BCUT2D eigenvalue weighted by Gasteiger charge is 2.45. The fourth-order valence-corrected chi connectivity index (χ4v) is 5.10. The highest BCUT2D eigenvalue weighted by molar-refractivity contribution is 5.81. The zero-order valence-corrected chi connectivity index (χ0v) is 20.9. The van der Waals surface area contributed by atoms with E-state index in [0.717, 1.165) is 9.13 Å². The number of rotatable bonds is 3. The number of nitrogens with one attached hydrogen (secondary N) is 1. The number of imidazole rings is 1. The summed E-state index contributed by atoms with van der Waals surface area (Å²) >= 11 is 0. The van der Waals surface area contributed by atoms with Gasteiger partial charge in [0.25, 0.3) is 0 Å². The van der Waals surface area contributed by atoms with Gasteiger partial charge in [-0.15, -0.1) is 0 Å². The SMILES string of the molecule is Cc1cc(-n2nc3c(c2-n2ccn(-c4ccc5c(cnn5C)c4F)c2=O)[C@H](C)NCC3(F)F)cc(C)c1F. The average molecular weight is 526 g/mol. The van der Waals surface area contributed by atoms with Crippen molar-refractivity contribution in [2.75, 3.05) is 6.54 Å². The summed E-state index contributed by atoms with van der Waals surface area (Å²) in [5.41, 5.74) is 0.423. The first-order valence-electron chi connectivity index (χ1n) is 11.9. The molecule has 1 atom stereocenters. The first-order chi connectivity index (χ1) is 18.0. The lowest BCUT2D eigenvalue weighted by Gasteiger charge is -2.27. The van der Waals surface area contributed by atoms with Crippen LogP contribution in [0.25, 0.3) is 28.1 Å². The fourth-order valence-electron chi connectivity index (χ4n) is 5.10. The van der Waals surface area contributed by atoms with Crippen molar-refractivity contribution in [3.05, 3.63) is 87.4 Å². The third-order valence-electron chi connectivity index (χ3n) is 7.08. The van der Waals surface area contributed by atoms with Crippen LogP contribution < -0.4 is 11.0 Å². The van der Waals surface area contributed by atoms with Crippen molar-refractivity contribution in [3.8, 4) is 17.2 Å². The molecule has 0 spiro atoms. The molecule has 6 rings (SSSR count). The van der Waals surface area contributed by atoms with E-state index in [1.165, 1.54) is 46.2 Å². The zero-order valence-electron chi connectivity index (χ0n) is 20.9. The lowest BCUT2D eigenvalue weighted by molar-refractivity contribution is -0.0188. The number of halogens is 4. The summed E-state index contributed by atoms with van der Waals surface area (Å²) < 4.78 is 64.9. The van der Waals surface area contributed by atoms with E-state index in [2.05, 4.69) is 15.5 Å². The van der Waals surface area contributed by atoms with Gasteiger partial charge in [-0.2, -0.15) is 19.0 Å². The molecule has 0 saturated heterocycles. The van der Waals surface area contributed by atoms with Gasteiger partial charge in [-0.1, -0.05) is 0 Å². The molecule has 38 heavy (non-hydrogen) atoms. The first kappa shape index (κ1) is 24.2. The molecule has 0 unspecified atom stereocenters. The van der Waals surface area contributed by atoms with Crippen LogP contribution in [-0.2, 0) is 13.0 Å². The van der Waals surface area contributed by atoms with Crippen molar-refractivity contribution >= 4 is 10.9 Å². The van der Waals surface area contributed by atoms with Crippen LogP contribution in [0.3, 0.4) is 0 Å². The molecule has 0 aliphatic carbocycles. The fraction of sp³-hybridized carbons (Fsp3) is 0.269. The molecule has 1 aliphatic rings. The van der Waals surface area contributed by atoms with E-state index in [1.54, 1.807) is 33.9 Å². The lowest BCUT2D eigenvalue weighted by atomic mass is 9.99. The van der Waals surface area contributed by atoms with E-state index in [4.69, 9.17) is 0 Å². The molecule has 0 radical (unpaired) electrons. The summed E-state index contributed by atoms with van der Waals surface area (Å²) in [5.74, 6) is -4.30. The molecule has 12 heteroatoms. The molecule has 0 fully saturated rings. The molecule has 0 saturated carbocycles. The molecule has 1 aliphatic heterocycles. The van der Waals surface area contributed by atoms with E-state index in [-0.39, 0.29) is 22.5 Å². The van der Waals surface area contributed by atoms with E-state index in [1.807, 2.05) is 0 Å². The van der Waals surface area contributed by atoms with Crippen LogP contribution in [0, 0.1) is 25.5 Å². The van der Waals surface area contributed by atoms with Crippen molar-refractivity contribution in [3.63, 3.8) is 0 Å². The Hall–Kier alpha value is -4.19. The van der Waals surface area contributed by atoms with Gasteiger partial charge >= 0.3 is 11.6 Å². The van der Waals surface area contributed by atoms with Gasteiger partial charge in [-0.25, -0.2) is 18.3 Å². The number of hydrogen-bond acceptors (Lipinski definition) is 4. The smallest absolute Gasteiger partial charge is 0.304 e. The van der Waals surface area contributed by atoms with E-state index >= 15 is 13.2 Å². The molecular weight excluding hydrogens is 502 g/mol. The minimum Gasteiger partial charge on any atom is -0.304 e. The number of fused-ring (bicyclic) bond motifs is 2. The first-order valence-corrected chi connectivity index (χ1v) is 11.9. The maximum Gasteiger partial charge on any atom is 0.338 e. The third kappa shape index (κ3) is 3.36. The van der Waals surface area contributed by atoms with Crippen molar-refractivity contribution in [2.24, 2.45) is 7.05 Å². The molecule has 196 valence electrons. The largest absolute Gasteiger partial charge is 0.338 e. The number of alkyl halides is 2. The van der Waals surface area contributed by atoms with Crippen LogP contribution in [0.5, 0.6) is 0 Å². The summed E-state index contributed by atoms with van der Waals surface area (Å²) in [6, 6.07) is 5.50. The van der Waals surface area contributed by atoms with Crippen molar-refractivity contribution in [1.82, 2.24) is 34.0 Å². The van der Waals surface area contributed by atoms with Gasteiger partial charge in [0.15, 0.2) is 5.82 Å². The molecule has 0 bridgehead atoms. The number of hydrogen-bond donors (Lipinski definition) is 1. The van der Waals surface area contributed by atoms with Crippen molar-refractivity contribution < 1.29 is 17.6 Å². The third-order valence-corrected chi connectivity index (χ3v) is 7.08. The Kier molecular flexibility index (Phi) is 5.18. The van der Waals surface area contributed by atoms with Gasteiger partial charge in [0.05, 0.1) is 35.0 Å². The Labute approximate surface area is 213 Å². The summed E-state index contributed by atoms with van der Waals surface area (Å²) in [4.78, 5) is 13.7. The van der Waals surface area contributed by atoms with Crippen LogP contribution in [0.2, 0.25) is 0 Å². The number of aryl methyl sites for hydroxylation is 3. The Morgan fingerprint density at radius 3 is 2.45 bits per heavy atom. The summed E-state index contributed by atoms with van der Waals surface area (Å²) in [6.45, 7) is 4.20. The number of aromatic nitrogens is 6. The van der Waals surface area contributed by atoms with Crippen LogP contribution in [0.15, 0.2) is 47.7 Å². The lowest BCUT2D eigenvalue weighted by Crippen LogP contribution is -2.39. The maximum absolute atomic E-state index is 15.4. The Bertz CT molecular complexity index is 1790. The number of benzene rings is 2. The minimum absolute atomic E-state index is 0.0147. The average Bonchev–Trinajstić information content (AvgIpc) is 3.56. The maximum atomic E-state index is 15.4. The predicted molar refractivity (Wildman–Crippen MR) is 132 cm³/mol. The normalized spacial score (nSPS) is 16.8. The quantitative estimate of drug-likeness (QED) is 0.356. The molecule has 8 nitrogen and oxygen atoms in total. The van der Waals surface area contributed by atoms with Gasteiger partial charge in [-0.05, 0) is 56.2 Å². The second-order valence-electron chi connectivity index (χ2n) is 9.62. The molecule has 0 amide bonds. The Morgan fingerprint density at radius 2 is 1.74 bits per heavy atom. The summed E-state index contributed by atoms with van der Waals surface area (Å²) in [7, 11) is 1.68. The Balaban J connectivity index is 1.62. The van der Waals surface area contributed by atoms with E-state index < -0.39 is 41.5 Å². The van der Waals surface area contributed by atoms with Gasteiger partial charge < -0.3 is 5.32 Å². The monoisotopic (exact) mass is 525 g/mol. The highest BCUT2D eigenvalue weighted by Crippen LogP contribution is 2.40. The Morgan fingerprint density at radius 1 is 1.05 bits per heavy atom. The minimum atomic E-state index is -3.31. The van der Waals surface area contributed by atoms with Crippen LogP contribution >= 0.6 is 0 Å². The number of nitrogens with zero attached hydrogens (tertiary/aromatic N) is 6. The zero-order chi connectivity index (χ0) is 27.1. The second-order valence-corrected chi connectivity index (χ2v) is 9.62. The van der Waals surface area contributed by atoms with Gasteiger partial charge in [0.2, 0.25) is 0 Å². The van der Waals surface area contributed by atoms with E-state index in [0.29, 0.717) is 22.3 Å². The van der Waals surface area contributed by atoms with Crippen LogP contribution in [0.4, 0.5) is 17.6 Å². The second kappa shape index (κ2) is 8.15. The van der Waals surface area contributed by atoms with Crippen LogP contribution in [-0.4, -0.2) is 35.2 Å². The van der Waals surface area contributed by atoms with Gasteiger partial charge in [0.1, 0.15) is 17.3 Å². The van der Waals surface area contributed by atoms with E-state index in [9.17, 15) is 9.18 Å². The molecule has 3 aromatic heterocycles. The molecular formula is C26H23F4N7O. The predicted octanol–water partition coefficient (Wildman–Crippen LogP) is 4.35. The van der Waals surface area contributed by atoms with Gasteiger partial charge in [0, 0.05) is 31.0 Å². The van der Waals surface area contributed by atoms with Crippen molar-refractivity contribution in [2.45, 2.75) is 32.7 Å². The standard InChI is InChI=1S/C26H23F4N7O/c1-13-9-16(10-14(2)21(13)27)37-24(20-15(3)31-12-26(29,30)23(20)33-37)36-8-7-35(25(36)38)19-6-5-18-17(22(19)28)11-32-34(18)4/h5-11,15,31H,12H2,1-4H3/t15-/m0/s1.